The van der Waals surface area contributed by atoms with Gasteiger partial charge in [0.25, 0.3) is 0 Å². The minimum absolute atomic E-state index is 0.000379. The lowest BCUT2D eigenvalue weighted by atomic mass is 10.2. The molecule has 21 heavy (non-hydrogen) atoms. The second-order valence-electron chi connectivity index (χ2n) is 5.29. The number of nitrogen functional groups attached to an aromatic ring is 1. The Morgan fingerprint density at radius 1 is 1.14 bits per heavy atom. The van der Waals surface area contributed by atoms with Crippen LogP contribution in [0.5, 0.6) is 0 Å². The average Bonchev–Trinajstić information content (AvgIpc) is 2.69. The molecule has 0 saturated heterocycles. The number of hydrogen-bond acceptors (Lipinski definition) is 5. The minimum atomic E-state index is -3.39. The summed E-state index contributed by atoms with van der Waals surface area (Å²) < 4.78 is 24.0. The monoisotopic (exact) mass is 311 g/mol. The zero-order valence-electron chi connectivity index (χ0n) is 12.5. The van der Waals surface area contributed by atoms with E-state index in [0.717, 1.165) is 22.6 Å². The van der Waals surface area contributed by atoms with Gasteiger partial charge in [-0.05, 0) is 39.2 Å². The lowest BCUT2D eigenvalue weighted by Gasteiger charge is -2.10. The van der Waals surface area contributed by atoms with Crippen molar-refractivity contribution in [3.8, 4) is 0 Å². The lowest BCUT2D eigenvalue weighted by molar-refractivity contribution is 0.584. The highest BCUT2D eigenvalue weighted by Crippen LogP contribution is 2.26. The summed E-state index contributed by atoms with van der Waals surface area (Å²) in [6.07, 6.45) is 1.24. The van der Waals surface area contributed by atoms with Crippen LogP contribution in [0.2, 0.25) is 0 Å². The summed E-state index contributed by atoms with van der Waals surface area (Å²) in [5, 5.41) is 5.01. The fraction of sp³-hybridized carbons (Fsp3) is 0.538. The van der Waals surface area contributed by atoms with E-state index in [1.54, 1.807) is 0 Å². The van der Waals surface area contributed by atoms with Gasteiger partial charge in [-0.25, -0.2) is 23.5 Å². The van der Waals surface area contributed by atoms with Crippen molar-refractivity contribution in [1.82, 2.24) is 14.5 Å². The van der Waals surface area contributed by atoms with Crippen molar-refractivity contribution in [2.75, 3.05) is 11.5 Å². The van der Waals surface area contributed by atoms with Crippen molar-refractivity contribution in [1.29, 1.82) is 0 Å². The number of rotatable bonds is 5. The Balaban J connectivity index is 2.30. The van der Waals surface area contributed by atoms with Crippen molar-refractivity contribution in [3.63, 3.8) is 0 Å². The first-order valence-corrected chi connectivity index (χ1v) is 8.52. The maximum absolute atomic E-state index is 10.9. The molecule has 0 amide bonds. The Kier molecular flexibility index (Phi) is 4.20. The largest absolute Gasteiger partial charge is 0.382 e. The molecule has 0 bridgehead atoms. The fourth-order valence-corrected chi connectivity index (χ4v) is 3.07. The quantitative estimate of drug-likeness (QED) is 0.799. The number of primary sulfonamides is 1. The number of anilines is 1. The van der Waals surface area contributed by atoms with E-state index in [0.29, 0.717) is 30.7 Å². The highest BCUT2D eigenvalue weighted by molar-refractivity contribution is 7.89. The Morgan fingerprint density at radius 2 is 1.81 bits per heavy atom. The number of aryl methyl sites for hydroxylation is 4. The Morgan fingerprint density at radius 3 is 2.43 bits per heavy atom. The number of nitrogens with two attached hydrogens (primary N) is 2. The van der Waals surface area contributed by atoms with Gasteiger partial charge in [-0.3, -0.25) is 0 Å². The van der Waals surface area contributed by atoms with Gasteiger partial charge < -0.3 is 10.3 Å². The molecule has 4 N–H and O–H groups in total. The molecule has 2 aromatic rings. The SMILES string of the molecule is Cc1nc(N)c2nc(C)n(CCCCS(N)(=O)=O)c2c1C. The number of imidazole rings is 1. The molecule has 0 radical (unpaired) electrons. The summed E-state index contributed by atoms with van der Waals surface area (Å²) in [5.41, 5.74) is 9.55. The third-order valence-corrected chi connectivity index (χ3v) is 4.51. The number of pyridine rings is 1. The predicted molar refractivity (Wildman–Crippen MR) is 83.4 cm³/mol. The number of hydrogen-bond donors (Lipinski definition) is 2. The zero-order valence-corrected chi connectivity index (χ0v) is 13.4. The van der Waals surface area contributed by atoms with Gasteiger partial charge >= 0.3 is 0 Å². The van der Waals surface area contributed by atoms with Crippen LogP contribution >= 0.6 is 0 Å². The second kappa shape index (κ2) is 5.61. The van der Waals surface area contributed by atoms with E-state index in [1.807, 2.05) is 20.8 Å². The van der Waals surface area contributed by atoms with Crippen LogP contribution in [0.3, 0.4) is 0 Å². The first-order chi connectivity index (χ1) is 9.70. The molecule has 2 rings (SSSR count). The summed E-state index contributed by atoms with van der Waals surface area (Å²) in [7, 11) is -3.39. The first-order valence-electron chi connectivity index (χ1n) is 6.80. The van der Waals surface area contributed by atoms with Gasteiger partial charge in [0.2, 0.25) is 10.0 Å². The van der Waals surface area contributed by atoms with E-state index in [2.05, 4.69) is 14.5 Å². The van der Waals surface area contributed by atoms with Gasteiger partial charge in [0.1, 0.15) is 11.3 Å². The van der Waals surface area contributed by atoms with E-state index >= 15 is 0 Å². The van der Waals surface area contributed by atoms with Crippen molar-refractivity contribution < 1.29 is 8.42 Å². The van der Waals surface area contributed by atoms with Gasteiger partial charge in [-0.2, -0.15) is 0 Å². The first kappa shape index (κ1) is 15.7. The molecule has 0 unspecified atom stereocenters. The molecular weight excluding hydrogens is 290 g/mol. The second-order valence-corrected chi connectivity index (χ2v) is 7.02. The van der Waals surface area contributed by atoms with Crippen molar-refractivity contribution >= 4 is 26.9 Å². The zero-order chi connectivity index (χ0) is 15.8. The van der Waals surface area contributed by atoms with Crippen molar-refractivity contribution in [3.05, 3.63) is 17.1 Å². The van der Waals surface area contributed by atoms with Crippen molar-refractivity contribution in [2.24, 2.45) is 5.14 Å². The van der Waals surface area contributed by atoms with E-state index in [1.165, 1.54) is 0 Å². The minimum Gasteiger partial charge on any atom is -0.382 e. The third kappa shape index (κ3) is 3.33. The Bertz CT molecular complexity index is 780. The Labute approximate surface area is 124 Å². The summed E-state index contributed by atoms with van der Waals surface area (Å²) >= 11 is 0. The van der Waals surface area contributed by atoms with Crippen LogP contribution in [-0.2, 0) is 16.6 Å². The number of unbranched alkanes of at least 4 members (excludes halogenated alkanes) is 1. The molecule has 0 fully saturated rings. The third-order valence-electron chi connectivity index (χ3n) is 3.65. The molecule has 0 aliphatic carbocycles. The summed E-state index contributed by atoms with van der Waals surface area (Å²) in [6.45, 7) is 6.50. The number of nitrogens with zero attached hydrogens (tertiary/aromatic N) is 3. The summed E-state index contributed by atoms with van der Waals surface area (Å²) in [4.78, 5) is 8.77. The van der Waals surface area contributed by atoms with Crippen LogP contribution < -0.4 is 10.9 Å². The van der Waals surface area contributed by atoms with E-state index in [4.69, 9.17) is 10.9 Å². The molecule has 7 nitrogen and oxygen atoms in total. The lowest BCUT2D eigenvalue weighted by Crippen LogP contribution is -2.16. The normalized spacial score (nSPS) is 12.2. The van der Waals surface area contributed by atoms with Crippen LogP contribution in [0.4, 0.5) is 5.82 Å². The molecule has 8 heteroatoms. The van der Waals surface area contributed by atoms with Gasteiger partial charge in [0.05, 0.1) is 11.3 Å². The predicted octanol–water partition coefficient (Wildman–Crippen LogP) is 1.01. The summed E-state index contributed by atoms with van der Waals surface area (Å²) in [5.74, 6) is 1.28. The molecule has 2 aromatic heterocycles. The van der Waals surface area contributed by atoms with Crippen LogP contribution in [0.15, 0.2) is 0 Å². The molecule has 0 saturated carbocycles. The molecule has 0 aliphatic heterocycles. The van der Waals surface area contributed by atoms with Gasteiger partial charge in [-0.1, -0.05) is 0 Å². The number of aromatic nitrogens is 3. The standard InChI is InChI=1S/C13H21N5O2S/c1-8-9(2)16-13(14)11-12(8)18(10(3)17-11)6-4-5-7-21(15,19)20/h4-7H2,1-3H3,(H2,14,16)(H2,15,19,20). The highest BCUT2D eigenvalue weighted by atomic mass is 32.2. The maximum Gasteiger partial charge on any atom is 0.209 e. The van der Waals surface area contributed by atoms with E-state index in [-0.39, 0.29) is 5.75 Å². The van der Waals surface area contributed by atoms with E-state index in [9.17, 15) is 8.42 Å². The summed E-state index contributed by atoms with van der Waals surface area (Å²) in [6, 6.07) is 0. The molecular formula is C13H21N5O2S. The van der Waals surface area contributed by atoms with Gasteiger partial charge in [0, 0.05) is 12.2 Å². The van der Waals surface area contributed by atoms with Crippen LogP contribution in [-0.4, -0.2) is 28.7 Å². The molecule has 0 atom stereocenters. The molecule has 0 spiro atoms. The number of sulfonamides is 1. The fourth-order valence-electron chi connectivity index (χ4n) is 2.46. The smallest absolute Gasteiger partial charge is 0.209 e. The maximum atomic E-state index is 10.9. The molecule has 0 aliphatic rings. The Hall–Kier alpha value is -1.67. The van der Waals surface area contributed by atoms with Crippen LogP contribution in [0.25, 0.3) is 11.0 Å². The van der Waals surface area contributed by atoms with Gasteiger partial charge in [-0.15, -0.1) is 0 Å². The average molecular weight is 311 g/mol. The van der Waals surface area contributed by atoms with Gasteiger partial charge in [0.15, 0.2) is 5.82 Å². The molecule has 0 aromatic carbocycles. The topological polar surface area (TPSA) is 117 Å². The van der Waals surface area contributed by atoms with Crippen LogP contribution in [0, 0.1) is 20.8 Å². The molecule has 116 valence electrons. The van der Waals surface area contributed by atoms with E-state index < -0.39 is 10.0 Å². The number of fused-ring (bicyclic) bond motifs is 1. The van der Waals surface area contributed by atoms with Crippen LogP contribution in [0.1, 0.15) is 29.9 Å². The highest BCUT2D eigenvalue weighted by Gasteiger charge is 2.15. The van der Waals surface area contributed by atoms with Crippen molar-refractivity contribution in [2.45, 2.75) is 40.2 Å². The molecule has 2 heterocycles.